The summed E-state index contributed by atoms with van der Waals surface area (Å²) in [5.41, 5.74) is 0.373. The number of unbranched alkanes of at least 4 members (excludes halogenated alkanes) is 2. The summed E-state index contributed by atoms with van der Waals surface area (Å²) < 4.78 is 0. The first-order chi connectivity index (χ1) is 8.09. The summed E-state index contributed by atoms with van der Waals surface area (Å²) >= 11 is 0. The maximum absolute atomic E-state index is 9.05. The van der Waals surface area contributed by atoms with E-state index in [0.29, 0.717) is 11.5 Å². The molecule has 17 heavy (non-hydrogen) atoms. The Morgan fingerprint density at radius 2 is 2.06 bits per heavy atom. The van der Waals surface area contributed by atoms with Gasteiger partial charge in [0.25, 0.3) is 0 Å². The predicted molar refractivity (Wildman–Crippen MR) is 72.7 cm³/mol. The Labute approximate surface area is 107 Å². The van der Waals surface area contributed by atoms with Crippen LogP contribution in [0.15, 0.2) is 0 Å². The summed E-state index contributed by atoms with van der Waals surface area (Å²) in [5, 5.41) is 12.7. The fraction of sp³-hybridized carbons (Fsp3) is 0.933. The largest absolute Gasteiger partial charge is 0.312 e. The standard InChI is InChI=1S/C15H28N2/c1-4-5-6-10-15(2,3)12-17-14-9-7-8-13(14)11-16/h13-14,17H,4-10,12H2,1-3H3. The lowest BCUT2D eigenvalue weighted by atomic mass is 9.86. The number of nitriles is 1. The first-order valence-electron chi connectivity index (χ1n) is 7.22. The van der Waals surface area contributed by atoms with Gasteiger partial charge in [0.05, 0.1) is 12.0 Å². The molecule has 2 nitrogen and oxygen atoms in total. The van der Waals surface area contributed by atoms with Crippen LogP contribution < -0.4 is 5.32 Å². The maximum atomic E-state index is 9.05. The monoisotopic (exact) mass is 236 g/mol. The van der Waals surface area contributed by atoms with Gasteiger partial charge in [-0.3, -0.25) is 0 Å². The Hall–Kier alpha value is -0.550. The van der Waals surface area contributed by atoms with Gasteiger partial charge in [0, 0.05) is 12.6 Å². The van der Waals surface area contributed by atoms with Crippen LogP contribution in [-0.2, 0) is 0 Å². The number of rotatable bonds is 7. The van der Waals surface area contributed by atoms with Crippen LogP contribution in [0.1, 0.15) is 65.7 Å². The molecule has 0 aromatic heterocycles. The second-order valence-electron chi connectivity index (χ2n) is 6.28. The van der Waals surface area contributed by atoms with Crippen molar-refractivity contribution in [3.05, 3.63) is 0 Å². The molecule has 0 amide bonds. The van der Waals surface area contributed by atoms with E-state index in [0.717, 1.165) is 13.0 Å². The van der Waals surface area contributed by atoms with Crippen LogP contribution in [0, 0.1) is 22.7 Å². The number of nitrogens with one attached hydrogen (secondary N) is 1. The van der Waals surface area contributed by atoms with Crippen LogP contribution >= 0.6 is 0 Å². The van der Waals surface area contributed by atoms with Crippen molar-refractivity contribution < 1.29 is 0 Å². The SMILES string of the molecule is CCCCCC(C)(C)CNC1CCCC1C#N. The van der Waals surface area contributed by atoms with Gasteiger partial charge in [0.2, 0.25) is 0 Å². The van der Waals surface area contributed by atoms with E-state index in [4.69, 9.17) is 5.26 Å². The van der Waals surface area contributed by atoms with Gasteiger partial charge in [-0.05, 0) is 24.7 Å². The van der Waals surface area contributed by atoms with E-state index in [9.17, 15) is 0 Å². The van der Waals surface area contributed by atoms with E-state index >= 15 is 0 Å². The third-order valence-electron chi connectivity index (χ3n) is 3.98. The molecule has 2 unspecified atom stereocenters. The van der Waals surface area contributed by atoms with Gasteiger partial charge >= 0.3 is 0 Å². The van der Waals surface area contributed by atoms with Gasteiger partial charge in [-0.2, -0.15) is 5.26 Å². The number of hydrogen-bond donors (Lipinski definition) is 1. The van der Waals surface area contributed by atoms with Crippen molar-refractivity contribution in [3.63, 3.8) is 0 Å². The quantitative estimate of drug-likeness (QED) is 0.681. The third-order valence-corrected chi connectivity index (χ3v) is 3.98. The zero-order valence-electron chi connectivity index (χ0n) is 11.8. The molecule has 1 fully saturated rings. The molecule has 1 aliphatic rings. The van der Waals surface area contributed by atoms with Gasteiger partial charge in [-0.25, -0.2) is 0 Å². The molecule has 2 heteroatoms. The van der Waals surface area contributed by atoms with E-state index in [1.54, 1.807) is 0 Å². The molecule has 0 saturated heterocycles. The fourth-order valence-corrected chi connectivity index (χ4v) is 2.71. The average molecular weight is 236 g/mol. The smallest absolute Gasteiger partial charge is 0.0672 e. The molecule has 0 aromatic rings. The summed E-state index contributed by atoms with van der Waals surface area (Å²) in [6.45, 7) is 7.98. The first-order valence-corrected chi connectivity index (χ1v) is 7.22. The lowest BCUT2D eigenvalue weighted by molar-refractivity contribution is 0.279. The van der Waals surface area contributed by atoms with Crippen LogP contribution in [0.4, 0.5) is 0 Å². The van der Waals surface area contributed by atoms with Crippen molar-refractivity contribution in [1.82, 2.24) is 5.32 Å². The van der Waals surface area contributed by atoms with Crippen molar-refractivity contribution >= 4 is 0 Å². The van der Waals surface area contributed by atoms with E-state index in [1.807, 2.05) is 0 Å². The highest BCUT2D eigenvalue weighted by molar-refractivity contribution is 4.96. The van der Waals surface area contributed by atoms with E-state index in [2.05, 4.69) is 32.2 Å². The topological polar surface area (TPSA) is 35.8 Å². The van der Waals surface area contributed by atoms with Crippen LogP contribution in [0.2, 0.25) is 0 Å². The van der Waals surface area contributed by atoms with Crippen LogP contribution in [0.5, 0.6) is 0 Å². The molecule has 0 spiro atoms. The first kappa shape index (κ1) is 14.5. The average Bonchev–Trinajstić information content (AvgIpc) is 2.74. The zero-order valence-corrected chi connectivity index (χ0v) is 11.8. The molecule has 2 atom stereocenters. The lowest BCUT2D eigenvalue weighted by Gasteiger charge is -2.28. The molecule has 1 N–H and O–H groups in total. The van der Waals surface area contributed by atoms with Crippen LogP contribution in [-0.4, -0.2) is 12.6 Å². The Morgan fingerprint density at radius 3 is 2.71 bits per heavy atom. The lowest BCUT2D eigenvalue weighted by Crippen LogP contribution is -2.38. The van der Waals surface area contributed by atoms with Gasteiger partial charge in [-0.15, -0.1) is 0 Å². The normalized spacial score (nSPS) is 24.8. The Bertz CT molecular complexity index is 252. The predicted octanol–water partition coefficient (Wildman–Crippen LogP) is 3.87. The Morgan fingerprint density at radius 1 is 1.29 bits per heavy atom. The van der Waals surface area contributed by atoms with Crippen molar-refractivity contribution in [2.75, 3.05) is 6.54 Å². The van der Waals surface area contributed by atoms with Crippen LogP contribution in [0.25, 0.3) is 0 Å². The highest BCUT2D eigenvalue weighted by atomic mass is 14.9. The maximum Gasteiger partial charge on any atom is 0.0672 e. The van der Waals surface area contributed by atoms with Crippen molar-refractivity contribution in [1.29, 1.82) is 5.26 Å². The summed E-state index contributed by atoms with van der Waals surface area (Å²) in [5.74, 6) is 0.251. The van der Waals surface area contributed by atoms with Gasteiger partial charge in [0.15, 0.2) is 0 Å². The summed E-state index contributed by atoms with van der Waals surface area (Å²) in [6, 6.07) is 2.89. The molecule has 0 heterocycles. The molecule has 1 rings (SSSR count). The van der Waals surface area contributed by atoms with Gasteiger partial charge < -0.3 is 5.32 Å². The van der Waals surface area contributed by atoms with E-state index in [1.165, 1.54) is 38.5 Å². The van der Waals surface area contributed by atoms with Gasteiger partial charge in [-0.1, -0.05) is 46.5 Å². The summed E-state index contributed by atoms with van der Waals surface area (Å²) in [7, 11) is 0. The summed E-state index contributed by atoms with van der Waals surface area (Å²) in [6.07, 6.45) is 8.74. The van der Waals surface area contributed by atoms with E-state index < -0.39 is 0 Å². The minimum absolute atomic E-state index is 0.251. The molecule has 0 aromatic carbocycles. The minimum Gasteiger partial charge on any atom is -0.312 e. The molecular weight excluding hydrogens is 208 g/mol. The Balaban J connectivity index is 2.26. The number of nitrogens with zero attached hydrogens (tertiary/aromatic N) is 1. The Kier molecular flexibility index (Phi) is 5.98. The second kappa shape index (κ2) is 7.01. The van der Waals surface area contributed by atoms with Crippen molar-refractivity contribution in [2.24, 2.45) is 11.3 Å². The zero-order chi connectivity index (χ0) is 12.7. The fourth-order valence-electron chi connectivity index (χ4n) is 2.71. The molecular formula is C15H28N2. The minimum atomic E-state index is 0.251. The molecule has 0 aliphatic heterocycles. The highest BCUT2D eigenvalue weighted by Gasteiger charge is 2.28. The molecule has 0 bridgehead atoms. The molecule has 1 aliphatic carbocycles. The molecule has 98 valence electrons. The highest BCUT2D eigenvalue weighted by Crippen LogP contribution is 2.27. The molecule has 1 saturated carbocycles. The van der Waals surface area contributed by atoms with Gasteiger partial charge in [0.1, 0.15) is 0 Å². The third kappa shape index (κ3) is 5.08. The summed E-state index contributed by atoms with van der Waals surface area (Å²) in [4.78, 5) is 0. The van der Waals surface area contributed by atoms with Crippen molar-refractivity contribution in [2.45, 2.75) is 71.8 Å². The van der Waals surface area contributed by atoms with Crippen LogP contribution in [0.3, 0.4) is 0 Å². The van der Waals surface area contributed by atoms with Crippen molar-refractivity contribution in [3.8, 4) is 6.07 Å². The van der Waals surface area contributed by atoms with E-state index in [-0.39, 0.29) is 5.92 Å². The second-order valence-corrected chi connectivity index (χ2v) is 6.28. The molecule has 0 radical (unpaired) electrons. The number of hydrogen-bond acceptors (Lipinski definition) is 2.